The Morgan fingerprint density at radius 1 is 1.40 bits per heavy atom. The van der Waals surface area contributed by atoms with E-state index in [1.165, 1.54) is 5.56 Å². The summed E-state index contributed by atoms with van der Waals surface area (Å²) in [6, 6.07) is 10.3. The fourth-order valence-corrected chi connectivity index (χ4v) is 3.38. The number of thioether (sulfide) groups is 1. The minimum Gasteiger partial charge on any atom is -0.348 e. The van der Waals surface area contributed by atoms with Gasteiger partial charge < -0.3 is 10.6 Å². The molecule has 0 saturated carbocycles. The molecule has 1 amide bonds. The lowest BCUT2D eigenvalue weighted by atomic mass is 9.96. The lowest BCUT2D eigenvalue weighted by Crippen LogP contribution is -2.49. The van der Waals surface area contributed by atoms with Gasteiger partial charge in [-0.15, -0.1) is 0 Å². The van der Waals surface area contributed by atoms with Crippen LogP contribution in [0.2, 0.25) is 0 Å². The van der Waals surface area contributed by atoms with E-state index in [-0.39, 0.29) is 18.0 Å². The number of hydrogen-bond donors (Lipinski definition) is 2. The zero-order chi connectivity index (χ0) is 14.4. The van der Waals surface area contributed by atoms with Crippen molar-refractivity contribution in [3.8, 4) is 0 Å². The molecule has 1 saturated heterocycles. The number of nitrogens with one attached hydrogen (secondary N) is 2. The number of rotatable bonds is 5. The molecule has 0 bridgehead atoms. The van der Waals surface area contributed by atoms with Crippen LogP contribution in [0, 0.1) is 5.92 Å². The van der Waals surface area contributed by atoms with Gasteiger partial charge in [-0.25, -0.2) is 0 Å². The Morgan fingerprint density at radius 2 is 2.15 bits per heavy atom. The van der Waals surface area contributed by atoms with E-state index in [1.54, 1.807) is 0 Å². The van der Waals surface area contributed by atoms with Crippen molar-refractivity contribution in [2.24, 2.45) is 5.92 Å². The van der Waals surface area contributed by atoms with Crippen LogP contribution in [0.3, 0.4) is 0 Å². The topological polar surface area (TPSA) is 41.1 Å². The quantitative estimate of drug-likeness (QED) is 0.876. The van der Waals surface area contributed by atoms with Gasteiger partial charge in [0.1, 0.15) is 0 Å². The van der Waals surface area contributed by atoms with Gasteiger partial charge in [0.05, 0.1) is 12.1 Å². The van der Waals surface area contributed by atoms with Gasteiger partial charge >= 0.3 is 0 Å². The normalized spacial score (nSPS) is 20.6. The summed E-state index contributed by atoms with van der Waals surface area (Å²) >= 11 is 1.84. The smallest absolute Gasteiger partial charge is 0.238 e. The predicted molar refractivity (Wildman–Crippen MR) is 85.9 cm³/mol. The fourth-order valence-electron chi connectivity index (χ4n) is 2.44. The summed E-state index contributed by atoms with van der Waals surface area (Å²) in [6.07, 6.45) is 0.968. The maximum Gasteiger partial charge on any atom is 0.238 e. The average molecular weight is 292 g/mol. The molecule has 2 N–H and O–H groups in total. The number of carbonyl (C=O) groups excluding carboxylic acids is 1. The van der Waals surface area contributed by atoms with Crippen molar-refractivity contribution in [2.45, 2.75) is 32.4 Å². The molecule has 2 unspecified atom stereocenters. The van der Waals surface area contributed by atoms with Gasteiger partial charge in [-0.3, -0.25) is 4.79 Å². The maximum absolute atomic E-state index is 12.4. The van der Waals surface area contributed by atoms with Crippen LogP contribution in [0.15, 0.2) is 30.3 Å². The Bertz CT molecular complexity index is 416. The first kappa shape index (κ1) is 15.4. The molecular formula is C16H24N2OS. The maximum atomic E-state index is 12.4. The Kier molecular flexibility index (Phi) is 5.92. The first-order valence-electron chi connectivity index (χ1n) is 7.33. The van der Waals surface area contributed by atoms with Crippen LogP contribution in [0.25, 0.3) is 0 Å². The molecule has 110 valence electrons. The lowest BCUT2D eigenvalue weighted by Gasteiger charge is -2.27. The van der Waals surface area contributed by atoms with E-state index in [4.69, 9.17) is 0 Å². The largest absolute Gasteiger partial charge is 0.348 e. The second-order valence-corrected chi connectivity index (χ2v) is 6.83. The van der Waals surface area contributed by atoms with Gasteiger partial charge in [0.2, 0.25) is 5.91 Å². The van der Waals surface area contributed by atoms with Crippen molar-refractivity contribution < 1.29 is 4.79 Å². The third-order valence-electron chi connectivity index (χ3n) is 3.46. The summed E-state index contributed by atoms with van der Waals surface area (Å²) in [4.78, 5) is 12.4. The average Bonchev–Trinajstić information content (AvgIpc) is 2.48. The van der Waals surface area contributed by atoms with E-state index in [9.17, 15) is 4.79 Å². The van der Waals surface area contributed by atoms with Crippen molar-refractivity contribution in [1.82, 2.24) is 10.6 Å². The minimum absolute atomic E-state index is 0.0490. The molecule has 0 aliphatic carbocycles. The molecule has 0 aromatic heterocycles. The molecule has 20 heavy (non-hydrogen) atoms. The predicted octanol–water partition coefficient (Wildman–Crippen LogP) is 2.60. The standard InChI is InChI=1S/C16H24N2OS/c1-12(2)10-14(13-6-4-3-5-7-13)18-16(19)15-11-20-9-8-17-15/h3-7,12,14-15,17H,8-11H2,1-2H3,(H,18,19). The van der Waals surface area contributed by atoms with Gasteiger partial charge in [0, 0.05) is 18.1 Å². The van der Waals surface area contributed by atoms with Crippen molar-refractivity contribution >= 4 is 17.7 Å². The summed E-state index contributed by atoms with van der Waals surface area (Å²) in [7, 11) is 0. The van der Waals surface area contributed by atoms with Crippen molar-refractivity contribution in [3.05, 3.63) is 35.9 Å². The van der Waals surface area contributed by atoms with Crippen LogP contribution in [0.1, 0.15) is 31.9 Å². The highest BCUT2D eigenvalue weighted by Gasteiger charge is 2.24. The van der Waals surface area contributed by atoms with Crippen LogP contribution in [0.4, 0.5) is 0 Å². The summed E-state index contributed by atoms with van der Waals surface area (Å²) in [5.74, 6) is 2.65. The summed E-state index contributed by atoms with van der Waals surface area (Å²) < 4.78 is 0. The summed E-state index contributed by atoms with van der Waals surface area (Å²) in [6.45, 7) is 5.30. The third-order valence-corrected chi connectivity index (χ3v) is 4.53. The van der Waals surface area contributed by atoms with E-state index < -0.39 is 0 Å². The van der Waals surface area contributed by atoms with Crippen LogP contribution in [-0.4, -0.2) is 30.0 Å². The first-order valence-corrected chi connectivity index (χ1v) is 8.48. The molecule has 0 radical (unpaired) electrons. The highest BCUT2D eigenvalue weighted by Crippen LogP contribution is 2.21. The van der Waals surface area contributed by atoms with Crippen molar-refractivity contribution in [2.75, 3.05) is 18.1 Å². The Balaban J connectivity index is 2.01. The molecule has 1 fully saturated rings. The van der Waals surface area contributed by atoms with Crippen molar-refractivity contribution in [1.29, 1.82) is 0 Å². The number of amides is 1. The van der Waals surface area contributed by atoms with Crippen LogP contribution in [-0.2, 0) is 4.79 Å². The molecule has 1 aliphatic heterocycles. The van der Waals surface area contributed by atoms with E-state index in [1.807, 2.05) is 30.0 Å². The van der Waals surface area contributed by atoms with Crippen LogP contribution < -0.4 is 10.6 Å². The zero-order valence-electron chi connectivity index (χ0n) is 12.3. The Hall–Kier alpha value is -1.00. The Labute approximate surface area is 125 Å². The summed E-state index contributed by atoms with van der Waals surface area (Å²) in [5, 5.41) is 6.52. The van der Waals surface area contributed by atoms with Gasteiger partial charge in [-0.1, -0.05) is 44.2 Å². The molecule has 1 aromatic rings. The van der Waals surface area contributed by atoms with E-state index >= 15 is 0 Å². The highest BCUT2D eigenvalue weighted by atomic mass is 32.2. The van der Waals surface area contributed by atoms with E-state index in [0.29, 0.717) is 5.92 Å². The SMILES string of the molecule is CC(C)CC(NC(=O)C1CSCCN1)c1ccccc1. The molecule has 1 aliphatic rings. The van der Waals surface area contributed by atoms with Gasteiger partial charge in [0.25, 0.3) is 0 Å². The number of hydrogen-bond acceptors (Lipinski definition) is 3. The molecule has 3 nitrogen and oxygen atoms in total. The lowest BCUT2D eigenvalue weighted by molar-refractivity contribution is -0.123. The highest BCUT2D eigenvalue weighted by molar-refractivity contribution is 7.99. The monoisotopic (exact) mass is 292 g/mol. The van der Waals surface area contributed by atoms with E-state index in [2.05, 4.69) is 36.6 Å². The van der Waals surface area contributed by atoms with E-state index in [0.717, 1.165) is 24.5 Å². The molecule has 4 heteroatoms. The second kappa shape index (κ2) is 7.70. The van der Waals surface area contributed by atoms with Gasteiger partial charge in [-0.2, -0.15) is 11.8 Å². The zero-order valence-corrected chi connectivity index (χ0v) is 13.1. The first-order chi connectivity index (χ1) is 9.66. The van der Waals surface area contributed by atoms with Gasteiger partial charge in [-0.05, 0) is 17.9 Å². The Morgan fingerprint density at radius 3 is 2.75 bits per heavy atom. The molecule has 2 rings (SSSR count). The molecule has 1 aromatic carbocycles. The molecule has 0 spiro atoms. The number of benzene rings is 1. The second-order valence-electron chi connectivity index (χ2n) is 5.68. The molecular weight excluding hydrogens is 268 g/mol. The molecule has 2 atom stereocenters. The minimum atomic E-state index is -0.0490. The van der Waals surface area contributed by atoms with Crippen molar-refractivity contribution in [3.63, 3.8) is 0 Å². The van der Waals surface area contributed by atoms with Crippen LogP contribution >= 0.6 is 11.8 Å². The third kappa shape index (κ3) is 4.53. The van der Waals surface area contributed by atoms with Gasteiger partial charge in [0.15, 0.2) is 0 Å². The molecule has 1 heterocycles. The fraction of sp³-hybridized carbons (Fsp3) is 0.562. The van der Waals surface area contributed by atoms with Crippen LogP contribution in [0.5, 0.6) is 0 Å². The number of carbonyl (C=O) groups is 1. The summed E-state index contributed by atoms with van der Waals surface area (Å²) in [5.41, 5.74) is 1.19.